The summed E-state index contributed by atoms with van der Waals surface area (Å²) in [5.41, 5.74) is 0. The van der Waals surface area contributed by atoms with E-state index < -0.39 is 0 Å². The molecular formula is C24H39NO2. The molecule has 5 unspecified atom stereocenters. The van der Waals surface area contributed by atoms with Gasteiger partial charge in [0, 0.05) is 6.04 Å². The summed E-state index contributed by atoms with van der Waals surface area (Å²) in [4.78, 5) is 27.2. The van der Waals surface area contributed by atoms with E-state index in [9.17, 15) is 9.59 Å². The Bertz CT molecular complexity index is 510. The molecule has 2 aliphatic carbocycles. The third-order valence-electron chi connectivity index (χ3n) is 7.17. The molecule has 0 aromatic rings. The van der Waals surface area contributed by atoms with Crippen LogP contribution < -0.4 is 0 Å². The van der Waals surface area contributed by atoms with Gasteiger partial charge in [0.1, 0.15) is 0 Å². The summed E-state index contributed by atoms with van der Waals surface area (Å²) in [6.45, 7) is 4.34. The largest absolute Gasteiger partial charge is 0.279 e. The molecule has 0 aromatic carbocycles. The maximum Gasteiger partial charge on any atom is 0.233 e. The number of carbonyl (C=O) groups is 2. The fourth-order valence-electron chi connectivity index (χ4n) is 5.59. The zero-order chi connectivity index (χ0) is 19.2. The predicted octanol–water partition coefficient (Wildman–Crippen LogP) is 5.88. The molecule has 0 radical (unpaired) electrons. The number of hydrogen-bond acceptors (Lipinski definition) is 2. The molecule has 5 atom stereocenters. The van der Waals surface area contributed by atoms with Crippen molar-refractivity contribution < 1.29 is 9.59 Å². The van der Waals surface area contributed by atoms with Crippen molar-refractivity contribution in [1.82, 2.24) is 4.90 Å². The first-order chi connectivity index (χ1) is 13.1. The Hall–Kier alpha value is -1.12. The number of allylic oxidation sites excluding steroid dienone is 2. The molecule has 152 valence electrons. The summed E-state index contributed by atoms with van der Waals surface area (Å²) in [7, 11) is 0. The number of likely N-dealkylation sites (tertiary alicyclic amines) is 1. The minimum atomic E-state index is -0.0349. The Balaban J connectivity index is 1.27. The Kier molecular flexibility index (Phi) is 7.55. The van der Waals surface area contributed by atoms with Crippen molar-refractivity contribution in [3.05, 3.63) is 12.2 Å². The molecule has 0 N–H and O–H groups in total. The normalized spacial score (nSPS) is 29.8. The van der Waals surface area contributed by atoms with Crippen LogP contribution in [-0.4, -0.2) is 22.8 Å². The van der Waals surface area contributed by atoms with Gasteiger partial charge < -0.3 is 0 Å². The van der Waals surface area contributed by atoms with Gasteiger partial charge in [0.2, 0.25) is 11.8 Å². The van der Waals surface area contributed by atoms with E-state index in [0.717, 1.165) is 19.3 Å². The van der Waals surface area contributed by atoms with Gasteiger partial charge >= 0.3 is 0 Å². The van der Waals surface area contributed by atoms with Gasteiger partial charge in [-0.25, -0.2) is 0 Å². The van der Waals surface area contributed by atoms with Gasteiger partial charge in [-0.15, -0.1) is 0 Å². The van der Waals surface area contributed by atoms with Crippen molar-refractivity contribution in [3.63, 3.8) is 0 Å². The highest BCUT2D eigenvalue weighted by Gasteiger charge is 2.59. The number of rotatable bonds is 13. The SMILES string of the molecule is CCCCCCCCCCCCCC(C)N1C(=O)C2C3C=CC(C3)C2C1=O. The third-order valence-corrected chi connectivity index (χ3v) is 7.17. The van der Waals surface area contributed by atoms with E-state index in [1.807, 2.05) is 0 Å². The molecule has 27 heavy (non-hydrogen) atoms. The maximum absolute atomic E-state index is 12.8. The lowest BCUT2D eigenvalue weighted by molar-refractivity contribution is -0.143. The Morgan fingerprint density at radius 2 is 1.26 bits per heavy atom. The first-order valence-electron chi connectivity index (χ1n) is 11.7. The van der Waals surface area contributed by atoms with Crippen LogP contribution in [0.3, 0.4) is 0 Å². The van der Waals surface area contributed by atoms with Crippen LogP contribution in [-0.2, 0) is 9.59 Å². The molecule has 1 saturated heterocycles. The van der Waals surface area contributed by atoms with Crippen molar-refractivity contribution in [3.8, 4) is 0 Å². The summed E-state index contributed by atoms with van der Waals surface area (Å²) in [6.07, 6.45) is 21.0. The molecule has 3 heteroatoms. The molecule has 3 rings (SSSR count). The van der Waals surface area contributed by atoms with E-state index in [0.29, 0.717) is 11.8 Å². The maximum atomic E-state index is 12.8. The molecule has 3 aliphatic rings. The fraction of sp³-hybridized carbons (Fsp3) is 0.833. The van der Waals surface area contributed by atoms with Gasteiger partial charge in [0.25, 0.3) is 0 Å². The molecule has 1 heterocycles. The fourth-order valence-corrected chi connectivity index (χ4v) is 5.59. The average Bonchev–Trinajstić information content (AvgIpc) is 3.33. The topological polar surface area (TPSA) is 37.4 Å². The Morgan fingerprint density at radius 3 is 1.74 bits per heavy atom. The minimum Gasteiger partial charge on any atom is -0.279 e. The average molecular weight is 374 g/mol. The van der Waals surface area contributed by atoms with Gasteiger partial charge in [-0.1, -0.05) is 89.7 Å². The molecule has 1 saturated carbocycles. The number of fused-ring (bicyclic) bond motifs is 5. The third kappa shape index (κ3) is 4.66. The number of imide groups is 1. The number of carbonyl (C=O) groups excluding carboxylic acids is 2. The smallest absolute Gasteiger partial charge is 0.233 e. The zero-order valence-electron chi connectivity index (χ0n) is 17.5. The molecule has 2 fully saturated rings. The quantitative estimate of drug-likeness (QED) is 0.229. The van der Waals surface area contributed by atoms with Gasteiger partial charge in [0.15, 0.2) is 0 Å². The lowest BCUT2D eigenvalue weighted by Gasteiger charge is -2.24. The summed E-state index contributed by atoms with van der Waals surface area (Å²) in [6, 6.07) is 0.0774. The van der Waals surface area contributed by atoms with Crippen LogP contribution in [0.15, 0.2) is 12.2 Å². The molecule has 2 amide bonds. The second-order valence-corrected chi connectivity index (χ2v) is 9.22. The summed E-state index contributed by atoms with van der Waals surface area (Å²) in [5, 5.41) is 0. The monoisotopic (exact) mass is 373 g/mol. The van der Waals surface area contributed by atoms with Crippen molar-refractivity contribution in [1.29, 1.82) is 0 Å². The predicted molar refractivity (Wildman–Crippen MR) is 110 cm³/mol. The number of hydrogen-bond donors (Lipinski definition) is 0. The van der Waals surface area contributed by atoms with Gasteiger partial charge in [-0.2, -0.15) is 0 Å². The van der Waals surface area contributed by atoms with Crippen molar-refractivity contribution in [2.45, 2.75) is 103 Å². The second kappa shape index (κ2) is 9.89. The van der Waals surface area contributed by atoms with Crippen molar-refractivity contribution in [2.75, 3.05) is 0 Å². The van der Waals surface area contributed by atoms with Crippen LogP contribution >= 0.6 is 0 Å². The number of amides is 2. The van der Waals surface area contributed by atoms with Crippen LogP contribution in [0.1, 0.15) is 97.3 Å². The van der Waals surface area contributed by atoms with Gasteiger partial charge in [-0.3, -0.25) is 14.5 Å². The molecule has 1 aliphatic heterocycles. The molecule has 0 spiro atoms. The van der Waals surface area contributed by atoms with E-state index >= 15 is 0 Å². The van der Waals surface area contributed by atoms with E-state index in [2.05, 4.69) is 26.0 Å². The highest BCUT2D eigenvalue weighted by Crippen LogP contribution is 2.52. The summed E-state index contributed by atoms with van der Waals surface area (Å²) >= 11 is 0. The number of unbranched alkanes of at least 4 members (excludes halogenated alkanes) is 10. The second-order valence-electron chi connectivity index (χ2n) is 9.22. The lowest BCUT2D eigenvalue weighted by atomic mass is 9.85. The summed E-state index contributed by atoms with van der Waals surface area (Å²) in [5.74, 6) is 0.834. The van der Waals surface area contributed by atoms with Crippen molar-refractivity contribution >= 4 is 11.8 Å². The Labute approximate surface area is 166 Å². The van der Waals surface area contributed by atoms with Crippen LogP contribution in [0.4, 0.5) is 0 Å². The summed E-state index contributed by atoms with van der Waals surface area (Å²) < 4.78 is 0. The molecular weight excluding hydrogens is 334 g/mol. The minimum absolute atomic E-state index is 0.0349. The van der Waals surface area contributed by atoms with E-state index in [1.165, 1.54) is 64.2 Å². The van der Waals surface area contributed by atoms with E-state index in [-0.39, 0.29) is 29.7 Å². The van der Waals surface area contributed by atoms with Gasteiger partial charge in [0.05, 0.1) is 11.8 Å². The van der Waals surface area contributed by atoms with Crippen LogP contribution in [0.25, 0.3) is 0 Å². The zero-order valence-corrected chi connectivity index (χ0v) is 17.5. The highest BCUT2D eigenvalue weighted by atomic mass is 16.2. The van der Waals surface area contributed by atoms with Gasteiger partial charge in [-0.05, 0) is 31.6 Å². The lowest BCUT2D eigenvalue weighted by Crippen LogP contribution is -2.40. The number of nitrogens with zero attached hydrogens (tertiary/aromatic N) is 1. The van der Waals surface area contributed by atoms with Crippen LogP contribution in [0.5, 0.6) is 0 Å². The first-order valence-corrected chi connectivity index (χ1v) is 11.7. The standard InChI is InChI=1S/C24H39NO2/c1-3-4-5-6-7-8-9-10-11-12-13-14-18(2)25-23(26)21-19-15-16-20(17-19)22(21)24(25)27/h15-16,18-22H,3-14,17H2,1-2H3. The highest BCUT2D eigenvalue weighted by molar-refractivity contribution is 6.06. The molecule has 0 aromatic heterocycles. The van der Waals surface area contributed by atoms with E-state index in [4.69, 9.17) is 0 Å². The van der Waals surface area contributed by atoms with Crippen LogP contribution in [0.2, 0.25) is 0 Å². The molecule has 3 nitrogen and oxygen atoms in total. The Morgan fingerprint density at radius 1 is 0.815 bits per heavy atom. The molecule has 2 bridgehead atoms. The first kappa shape index (κ1) is 20.6. The van der Waals surface area contributed by atoms with Crippen LogP contribution in [0, 0.1) is 23.7 Å². The van der Waals surface area contributed by atoms with Crippen molar-refractivity contribution in [2.24, 2.45) is 23.7 Å². The van der Waals surface area contributed by atoms with E-state index in [1.54, 1.807) is 4.90 Å².